The SMILES string of the molecule is CC(O)CO.CCCC(C)(C)C(C)(OC(=O)C(C)C)OC(=O)C(C)C.CCOCC. The van der Waals surface area contributed by atoms with E-state index >= 15 is 0 Å². The van der Waals surface area contributed by atoms with Gasteiger partial charge < -0.3 is 24.4 Å². The second-order valence-electron chi connectivity index (χ2n) is 8.54. The molecule has 7 heteroatoms. The summed E-state index contributed by atoms with van der Waals surface area (Å²) in [5.74, 6) is -2.47. The van der Waals surface area contributed by atoms with E-state index in [4.69, 9.17) is 24.4 Å². The lowest BCUT2D eigenvalue weighted by atomic mass is 9.79. The van der Waals surface area contributed by atoms with Gasteiger partial charge in [0, 0.05) is 25.6 Å². The van der Waals surface area contributed by atoms with Crippen LogP contribution < -0.4 is 0 Å². The topological polar surface area (TPSA) is 102 Å². The van der Waals surface area contributed by atoms with Gasteiger partial charge in [0.2, 0.25) is 0 Å². The van der Waals surface area contributed by atoms with Crippen molar-refractivity contribution in [2.75, 3.05) is 19.8 Å². The molecule has 0 heterocycles. The summed E-state index contributed by atoms with van der Waals surface area (Å²) in [6.07, 6.45) is 1.15. The summed E-state index contributed by atoms with van der Waals surface area (Å²) < 4.78 is 15.9. The normalized spacial score (nSPS) is 12.4. The van der Waals surface area contributed by atoms with Crippen LogP contribution in [0, 0.1) is 17.3 Å². The van der Waals surface area contributed by atoms with Crippen LogP contribution in [0.25, 0.3) is 0 Å². The molecule has 0 aromatic carbocycles. The van der Waals surface area contributed by atoms with Gasteiger partial charge in [-0.05, 0) is 27.2 Å². The minimum atomic E-state index is -1.24. The van der Waals surface area contributed by atoms with Crippen molar-refractivity contribution in [3.05, 3.63) is 0 Å². The second kappa shape index (κ2) is 17.5. The fourth-order valence-electron chi connectivity index (χ4n) is 1.97. The van der Waals surface area contributed by atoms with E-state index in [0.717, 1.165) is 26.1 Å². The van der Waals surface area contributed by atoms with Crippen LogP contribution >= 0.6 is 0 Å². The lowest BCUT2D eigenvalue weighted by Gasteiger charge is -2.42. The molecule has 0 aromatic heterocycles. The van der Waals surface area contributed by atoms with Gasteiger partial charge in [-0.3, -0.25) is 9.59 Å². The van der Waals surface area contributed by atoms with Crippen molar-refractivity contribution in [1.29, 1.82) is 0 Å². The van der Waals surface area contributed by atoms with Gasteiger partial charge >= 0.3 is 11.9 Å². The van der Waals surface area contributed by atoms with Crippen molar-refractivity contribution in [1.82, 2.24) is 0 Å². The van der Waals surface area contributed by atoms with Crippen LogP contribution in [0.1, 0.15) is 89.0 Å². The summed E-state index contributed by atoms with van der Waals surface area (Å²) >= 11 is 0. The lowest BCUT2D eigenvalue weighted by Crippen LogP contribution is -2.50. The predicted molar refractivity (Wildman–Crippen MR) is 120 cm³/mol. The molecule has 0 amide bonds. The van der Waals surface area contributed by atoms with Gasteiger partial charge in [-0.2, -0.15) is 0 Å². The van der Waals surface area contributed by atoms with Crippen LogP contribution in [-0.4, -0.2) is 53.9 Å². The Balaban J connectivity index is -0.000000599. The summed E-state index contributed by atoms with van der Waals surface area (Å²) in [5, 5.41) is 16.0. The van der Waals surface area contributed by atoms with Crippen molar-refractivity contribution in [2.24, 2.45) is 17.3 Å². The first-order valence-corrected chi connectivity index (χ1v) is 11.0. The number of ether oxygens (including phenoxy) is 3. The van der Waals surface area contributed by atoms with Crippen LogP contribution in [0.4, 0.5) is 0 Å². The molecule has 0 aliphatic carbocycles. The third-order valence-corrected chi connectivity index (χ3v) is 4.31. The van der Waals surface area contributed by atoms with E-state index < -0.39 is 17.3 Å². The highest BCUT2D eigenvalue weighted by molar-refractivity contribution is 5.74. The molecule has 0 bridgehead atoms. The van der Waals surface area contributed by atoms with Crippen LogP contribution in [-0.2, 0) is 23.8 Å². The Labute approximate surface area is 184 Å². The number of hydrogen-bond donors (Lipinski definition) is 2. The maximum atomic E-state index is 11.9. The zero-order valence-electron chi connectivity index (χ0n) is 21.2. The number of aliphatic hydroxyl groups is 2. The maximum Gasteiger partial charge on any atom is 0.311 e. The molecule has 0 rings (SSSR count). The first kappa shape index (κ1) is 33.5. The smallest absolute Gasteiger partial charge is 0.311 e. The van der Waals surface area contributed by atoms with E-state index in [1.807, 2.05) is 27.7 Å². The number of esters is 2. The summed E-state index contributed by atoms with van der Waals surface area (Å²) in [5.41, 5.74) is -0.448. The van der Waals surface area contributed by atoms with Gasteiger partial charge in [0.1, 0.15) is 0 Å². The number of carbonyl (C=O) groups is 2. The molecule has 182 valence electrons. The Bertz CT molecular complexity index is 419. The molecule has 0 spiro atoms. The molecule has 0 aromatic rings. The van der Waals surface area contributed by atoms with Gasteiger partial charge in [-0.25, -0.2) is 0 Å². The highest BCUT2D eigenvalue weighted by Gasteiger charge is 2.48. The van der Waals surface area contributed by atoms with Gasteiger partial charge in [0.05, 0.1) is 24.5 Å². The molecular formula is C23H48O7. The van der Waals surface area contributed by atoms with E-state index in [1.54, 1.807) is 34.6 Å². The Morgan fingerprint density at radius 2 is 1.17 bits per heavy atom. The molecule has 1 atom stereocenters. The minimum absolute atomic E-state index is 0.139. The molecule has 0 aliphatic heterocycles. The van der Waals surface area contributed by atoms with Crippen LogP contribution in [0.5, 0.6) is 0 Å². The predicted octanol–water partition coefficient (Wildman–Crippen LogP) is 4.33. The number of carbonyl (C=O) groups excluding carboxylic acids is 2. The molecule has 1 unspecified atom stereocenters. The molecule has 2 N–H and O–H groups in total. The van der Waals surface area contributed by atoms with Gasteiger partial charge in [-0.15, -0.1) is 0 Å². The van der Waals surface area contributed by atoms with E-state index in [2.05, 4.69) is 6.92 Å². The zero-order chi connectivity index (χ0) is 24.5. The fourth-order valence-corrected chi connectivity index (χ4v) is 1.97. The molecule has 0 saturated heterocycles. The van der Waals surface area contributed by atoms with Gasteiger partial charge in [0.15, 0.2) is 0 Å². The van der Waals surface area contributed by atoms with Gasteiger partial charge in [0.25, 0.3) is 5.79 Å². The number of aliphatic hydroxyl groups excluding tert-OH is 2. The van der Waals surface area contributed by atoms with Gasteiger partial charge in [-0.1, -0.05) is 54.9 Å². The van der Waals surface area contributed by atoms with Crippen LogP contribution in [0.15, 0.2) is 0 Å². The third kappa shape index (κ3) is 15.6. The van der Waals surface area contributed by atoms with Crippen molar-refractivity contribution >= 4 is 11.9 Å². The number of rotatable bonds is 10. The monoisotopic (exact) mass is 436 g/mol. The van der Waals surface area contributed by atoms with Crippen molar-refractivity contribution in [3.63, 3.8) is 0 Å². The van der Waals surface area contributed by atoms with E-state index in [1.165, 1.54) is 6.92 Å². The highest BCUT2D eigenvalue weighted by Crippen LogP contribution is 2.40. The molecule has 0 aliphatic rings. The third-order valence-electron chi connectivity index (χ3n) is 4.31. The Morgan fingerprint density at radius 1 is 0.833 bits per heavy atom. The summed E-state index contributed by atoms with van der Waals surface area (Å²) in [7, 11) is 0. The Hall–Kier alpha value is -1.18. The Morgan fingerprint density at radius 3 is 1.33 bits per heavy atom. The number of hydrogen-bond acceptors (Lipinski definition) is 7. The minimum Gasteiger partial charge on any atom is -0.422 e. The van der Waals surface area contributed by atoms with E-state index in [-0.39, 0.29) is 30.4 Å². The van der Waals surface area contributed by atoms with E-state index in [0.29, 0.717) is 0 Å². The first-order valence-electron chi connectivity index (χ1n) is 11.0. The molecular weight excluding hydrogens is 388 g/mol. The van der Waals surface area contributed by atoms with Crippen LogP contribution in [0.3, 0.4) is 0 Å². The fraction of sp³-hybridized carbons (Fsp3) is 0.913. The summed E-state index contributed by atoms with van der Waals surface area (Å²) in [4.78, 5) is 23.9. The van der Waals surface area contributed by atoms with Crippen molar-refractivity contribution in [2.45, 2.75) is 101 Å². The average molecular weight is 437 g/mol. The maximum absolute atomic E-state index is 11.9. The molecule has 0 saturated carbocycles. The first-order chi connectivity index (χ1) is 13.6. The largest absolute Gasteiger partial charge is 0.422 e. The van der Waals surface area contributed by atoms with Crippen LogP contribution in [0.2, 0.25) is 0 Å². The highest BCUT2D eigenvalue weighted by atomic mass is 16.7. The molecule has 30 heavy (non-hydrogen) atoms. The molecule has 7 nitrogen and oxygen atoms in total. The second-order valence-corrected chi connectivity index (χ2v) is 8.54. The summed E-state index contributed by atoms with van der Waals surface area (Å²) in [6, 6.07) is 0. The standard InChI is InChI=1S/C16H30O4.C4H10O.C3H8O2/c1-9-10-15(6,7)16(8,19-13(17)11(2)3)20-14(18)12(4)5;1-3-5-4-2;1-3(5)2-4/h11-12H,9-10H2,1-8H3;3-4H2,1-2H3;3-5H,2H2,1H3. The van der Waals surface area contributed by atoms with Crippen molar-refractivity contribution in [3.8, 4) is 0 Å². The quantitative estimate of drug-likeness (QED) is 0.388. The van der Waals surface area contributed by atoms with Crippen molar-refractivity contribution < 1.29 is 34.0 Å². The zero-order valence-corrected chi connectivity index (χ0v) is 21.2. The summed E-state index contributed by atoms with van der Waals surface area (Å²) in [6.45, 7) is 21.8. The van der Waals surface area contributed by atoms with E-state index in [9.17, 15) is 9.59 Å². The average Bonchev–Trinajstić information content (AvgIpc) is 2.62. The Kier molecular flexibility index (Phi) is 19.5. The molecule has 0 radical (unpaired) electrons. The molecule has 0 fully saturated rings. The lowest BCUT2D eigenvalue weighted by molar-refractivity contribution is -0.264.